The number of benzene rings is 2. The van der Waals surface area contributed by atoms with Crippen LogP contribution in [0.4, 0.5) is 15.8 Å². The highest BCUT2D eigenvalue weighted by molar-refractivity contribution is 6.30. The van der Waals surface area contributed by atoms with Crippen LogP contribution < -0.4 is 11.1 Å². The van der Waals surface area contributed by atoms with E-state index in [-0.39, 0.29) is 10.6 Å². The van der Waals surface area contributed by atoms with Crippen molar-refractivity contribution in [3.8, 4) is 0 Å². The Morgan fingerprint density at radius 1 is 1.20 bits per heavy atom. The molecule has 0 aliphatic carbocycles. The topological polar surface area (TPSA) is 55.1 Å². The first-order valence-electron chi connectivity index (χ1n) is 6.01. The van der Waals surface area contributed by atoms with Gasteiger partial charge in [-0.05, 0) is 55.3 Å². The summed E-state index contributed by atoms with van der Waals surface area (Å²) in [7, 11) is 0. The number of carbonyl (C=O) groups excluding carboxylic acids is 1. The molecule has 3 nitrogen and oxygen atoms in total. The minimum atomic E-state index is -0.653. The lowest BCUT2D eigenvalue weighted by atomic mass is 10.1. The van der Waals surface area contributed by atoms with E-state index in [1.165, 1.54) is 12.1 Å². The van der Waals surface area contributed by atoms with Gasteiger partial charge in [-0.3, -0.25) is 4.79 Å². The number of nitrogens with two attached hydrogens (primary N) is 1. The van der Waals surface area contributed by atoms with E-state index in [2.05, 4.69) is 5.32 Å². The number of anilines is 2. The number of carbonyl (C=O) groups is 1. The zero-order valence-electron chi connectivity index (χ0n) is 11.1. The molecule has 0 aromatic heterocycles. The molecule has 0 heterocycles. The monoisotopic (exact) mass is 292 g/mol. The molecule has 2 aromatic rings. The molecule has 0 saturated carbocycles. The van der Waals surface area contributed by atoms with Crippen molar-refractivity contribution in [2.24, 2.45) is 0 Å². The minimum Gasteiger partial charge on any atom is -0.399 e. The number of halogens is 2. The number of hydrogen-bond donors (Lipinski definition) is 2. The standard InChI is InChI=1S/C15H14ClFN2O/c1-8-6-14(9(2)5-13(8)18)19-15(20)11-4-3-10(16)7-12(11)17/h3-7H,18H2,1-2H3,(H,19,20). The zero-order chi connectivity index (χ0) is 14.9. The first kappa shape index (κ1) is 14.3. The summed E-state index contributed by atoms with van der Waals surface area (Å²) in [6.07, 6.45) is 0. The first-order valence-corrected chi connectivity index (χ1v) is 6.39. The average molecular weight is 293 g/mol. The van der Waals surface area contributed by atoms with Gasteiger partial charge in [-0.15, -0.1) is 0 Å². The lowest BCUT2D eigenvalue weighted by molar-refractivity contribution is 0.102. The molecular formula is C15H14ClFN2O. The van der Waals surface area contributed by atoms with E-state index >= 15 is 0 Å². The van der Waals surface area contributed by atoms with Crippen molar-refractivity contribution >= 4 is 28.9 Å². The van der Waals surface area contributed by atoms with Gasteiger partial charge in [0.1, 0.15) is 5.82 Å². The van der Waals surface area contributed by atoms with Crippen molar-refractivity contribution in [3.63, 3.8) is 0 Å². The van der Waals surface area contributed by atoms with Gasteiger partial charge in [0.05, 0.1) is 5.56 Å². The van der Waals surface area contributed by atoms with Crippen molar-refractivity contribution in [1.82, 2.24) is 0 Å². The molecule has 0 radical (unpaired) electrons. The Bertz CT molecular complexity index is 686. The van der Waals surface area contributed by atoms with Crippen LogP contribution in [0, 0.1) is 19.7 Å². The Hall–Kier alpha value is -2.07. The Balaban J connectivity index is 2.30. The van der Waals surface area contributed by atoms with E-state index in [0.717, 1.165) is 17.2 Å². The van der Waals surface area contributed by atoms with Gasteiger partial charge < -0.3 is 11.1 Å². The Morgan fingerprint density at radius 3 is 2.55 bits per heavy atom. The molecular weight excluding hydrogens is 279 g/mol. The summed E-state index contributed by atoms with van der Waals surface area (Å²) in [5, 5.41) is 2.93. The fourth-order valence-electron chi connectivity index (χ4n) is 1.84. The molecule has 5 heteroatoms. The average Bonchev–Trinajstić information content (AvgIpc) is 2.35. The van der Waals surface area contributed by atoms with Gasteiger partial charge in [-0.25, -0.2) is 4.39 Å². The zero-order valence-corrected chi connectivity index (χ0v) is 11.9. The van der Waals surface area contributed by atoms with Crippen molar-refractivity contribution in [2.45, 2.75) is 13.8 Å². The first-order chi connectivity index (χ1) is 9.38. The second-order valence-electron chi connectivity index (χ2n) is 4.60. The Morgan fingerprint density at radius 2 is 1.90 bits per heavy atom. The second-order valence-corrected chi connectivity index (χ2v) is 5.04. The maximum atomic E-state index is 13.7. The number of hydrogen-bond acceptors (Lipinski definition) is 2. The van der Waals surface area contributed by atoms with Crippen LogP contribution in [0.3, 0.4) is 0 Å². The fourth-order valence-corrected chi connectivity index (χ4v) is 2.00. The van der Waals surface area contributed by atoms with Crippen LogP contribution in [0.5, 0.6) is 0 Å². The number of aryl methyl sites for hydroxylation is 2. The van der Waals surface area contributed by atoms with Crippen molar-refractivity contribution in [3.05, 3.63) is 57.9 Å². The summed E-state index contributed by atoms with van der Waals surface area (Å²) in [5.41, 5.74) is 8.66. The van der Waals surface area contributed by atoms with Gasteiger partial charge in [0, 0.05) is 16.4 Å². The van der Waals surface area contributed by atoms with Gasteiger partial charge in [0.15, 0.2) is 0 Å². The maximum Gasteiger partial charge on any atom is 0.258 e. The van der Waals surface area contributed by atoms with Crippen LogP contribution in [0.15, 0.2) is 30.3 Å². The lowest BCUT2D eigenvalue weighted by Crippen LogP contribution is -2.14. The maximum absolute atomic E-state index is 13.7. The summed E-state index contributed by atoms with van der Waals surface area (Å²) >= 11 is 5.66. The highest BCUT2D eigenvalue weighted by Gasteiger charge is 2.13. The van der Waals surface area contributed by atoms with Crippen LogP contribution in [-0.2, 0) is 0 Å². The van der Waals surface area contributed by atoms with Crippen molar-refractivity contribution in [1.29, 1.82) is 0 Å². The van der Waals surface area contributed by atoms with Crippen molar-refractivity contribution < 1.29 is 9.18 Å². The molecule has 1 amide bonds. The van der Waals surface area contributed by atoms with E-state index in [4.69, 9.17) is 17.3 Å². The third kappa shape index (κ3) is 2.91. The molecule has 0 aliphatic heterocycles. The van der Waals surface area contributed by atoms with E-state index in [1.54, 1.807) is 12.1 Å². The molecule has 2 rings (SSSR count). The third-order valence-corrected chi connectivity index (χ3v) is 3.27. The van der Waals surface area contributed by atoms with Gasteiger partial charge >= 0.3 is 0 Å². The summed E-state index contributed by atoms with van der Waals surface area (Å²) in [6, 6.07) is 7.46. The largest absolute Gasteiger partial charge is 0.399 e. The molecule has 0 saturated heterocycles. The van der Waals surface area contributed by atoms with Crippen molar-refractivity contribution in [2.75, 3.05) is 11.1 Å². The fraction of sp³-hybridized carbons (Fsp3) is 0.133. The molecule has 0 aliphatic rings. The summed E-state index contributed by atoms with van der Waals surface area (Å²) in [5.74, 6) is -1.17. The summed E-state index contributed by atoms with van der Waals surface area (Å²) in [4.78, 5) is 12.1. The van der Waals surface area contributed by atoms with Crippen LogP contribution in [-0.4, -0.2) is 5.91 Å². The molecule has 0 unspecified atom stereocenters. The quantitative estimate of drug-likeness (QED) is 0.824. The lowest BCUT2D eigenvalue weighted by Gasteiger charge is -2.11. The molecule has 2 aromatic carbocycles. The normalized spacial score (nSPS) is 10.4. The van der Waals surface area contributed by atoms with Gasteiger partial charge in [0.25, 0.3) is 5.91 Å². The number of amides is 1. The smallest absolute Gasteiger partial charge is 0.258 e. The van der Waals surface area contributed by atoms with E-state index in [9.17, 15) is 9.18 Å². The van der Waals surface area contributed by atoms with Crippen LogP contribution in [0.1, 0.15) is 21.5 Å². The number of rotatable bonds is 2. The third-order valence-electron chi connectivity index (χ3n) is 3.04. The van der Waals surface area contributed by atoms with Crippen LogP contribution in [0.25, 0.3) is 0 Å². The summed E-state index contributed by atoms with van der Waals surface area (Å²) < 4.78 is 13.7. The Labute approximate surface area is 121 Å². The molecule has 0 atom stereocenters. The predicted octanol–water partition coefficient (Wildman–Crippen LogP) is 3.93. The van der Waals surface area contributed by atoms with Gasteiger partial charge in [-0.2, -0.15) is 0 Å². The molecule has 0 fully saturated rings. The van der Waals surface area contributed by atoms with Gasteiger partial charge in [-0.1, -0.05) is 11.6 Å². The molecule has 20 heavy (non-hydrogen) atoms. The summed E-state index contributed by atoms with van der Waals surface area (Å²) in [6.45, 7) is 3.66. The minimum absolute atomic E-state index is 0.0525. The molecule has 3 N–H and O–H groups in total. The van der Waals surface area contributed by atoms with Crippen LogP contribution in [0.2, 0.25) is 5.02 Å². The van der Waals surface area contributed by atoms with E-state index in [1.807, 2.05) is 13.8 Å². The SMILES string of the molecule is Cc1cc(NC(=O)c2ccc(Cl)cc2F)c(C)cc1N. The highest BCUT2D eigenvalue weighted by atomic mass is 35.5. The van der Waals surface area contributed by atoms with Gasteiger partial charge in [0.2, 0.25) is 0 Å². The van der Waals surface area contributed by atoms with Crippen LogP contribution >= 0.6 is 11.6 Å². The number of nitrogens with one attached hydrogen (secondary N) is 1. The van der Waals surface area contributed by atoms with E-state index in [0.29, 0.717) is 11.4 Å². The Kier molecular flexibility index (Phi) is 3.95. The molecule has 0 spiro atoms. The highest BCUT2D eigenvalue weighted by Crippen LogP contribution is 2.23. The molecule has 0 bridgehead atoms. The number of nitrogen functional groups attached to an aromatic ring is 1. The van der Waals surface area contributed by atoms with E-state index < -0.39 is 11.7 Å². The predicted molar refractivity (Wildman–Crippen MR) is 79.7 cm³/mol. The second kappa shape index (κ2) is 5.51. The molecule has 104 valence electrons.